The van der Waals surface area contributed by atoms with Crippen molar-refractivity contribution < 1.29 is 19.4 Å². The molecule has 0 aromatic rings. The predicted molar refractivity (Wildman–Crippen MR) is 48.8 cm³/mol. The van der Waals surface area contributed by atoms with Crippen molar-refractivity contribution in [1.29, 1.82) is 0 Å². The first-order chi connectivity index (χ1) is 6.63. The number of nitrogens with zero attached hydrogens (tertiary/aromatic N) is 1. The zero-order valence-electron chi connectivity index (χ0n) is 8.03. The number of carbonyl (C=O) groups is 1. The van der Waals surface area contributed by atoms with E-state index in [0.29, 0.717) is 25.9 Å². The standard InChI is InChI=1S/C9H16FNO3/c10-3-1-7-5-11(6-9(13)14)4-2-8(7)12/h7-8,12H,1-6H2,(H,13,14)/t7-,8+/m0/s1. The van der Waals surface area contributed by atoms with Gasteiger partial charge in [0, 0.05) is 19.0 Å². The average Bonchev–Trinajstić information content (AvgIpc) is 2.10. The van der Waals surface area contributed by atoms with Gasteiger partial charge in [-0.2, -0.15) is 0 Å². The Morgan fingerprint density at radius 3 is 2.86 bits per heavy atom. The number of aliphatic hydroxyl groups excluding tert-OH is 1. The van der Waals surface area contributed by atoms with Crippen LogP contribution >= 0.6 is 0 Å². The summed E-state index contributed by atoms with van der Waals surface area (Å²) in [5.74, 6) is -0.992. The zero-order chi connectivity index (χ0) is 10.6. The van der Waals surface area contributed by atoms with E-state index in [9.17, 15) is 14.3 Å². The van der Waals surface area contributed by atoms with Crippen LogP contribution in [0, 0.1) is 5.92 Å². The molecule has 5 heteroatoms. The molecule has 82 valence electrons. The minimum Gasteiger partial charge on any atom is -0.480 e. The largest absolute Gasteiger partial charge is 0.480 e. The third kappa shape index (κ3) is 3.23. The fraction of sp³-hybridized carbons (Fsp3) is 0.889. The van der Waals surface area contributed by atoms with E-state index < -0.39 is 18.7 Å². The SMILES string of the molecule is O=C(O)CN1CC[C@@H](O)[C@@H](CCF)C1. The number of rotatable bonds is 4. The first-order valence-corrected chi connectivity index (χ1v) is 4.81. The summed E-state index contributed by atoms with van der Waals surface area (Å²) in [7, 11) is 0. The summed E-state index contributed by atoms with van der Waals surface area (Å²) < 4.78 is 12.1. The first kappa shape index (κ1) is 11.4. The minimum absolute atomic E-state index is 0.0183. The lowest BCUT2D eigenvalue weighted by Crippen LogP contribution is -2.45. The maximum absolute atomic E-state index is 12.1. The molecule has 0 amide bonds. The number of piperidine rings is 1. The lowest BCUT2D eigenvalue weighted by Gasteiger charge is -2.34. The van der Waals surface area contributed by atoms with Crippen LogP contribution in [0.3, 0.4) is 0 Å². The molecule has 1 aliphatic heterocycles. The van der Waals surface area contributed by atoms with Gasteiger partial charge in [0.25, 0.3) is 0 Å². The number of aliphatic hydroxyl groups is 1. The van der Waals surface area contributed by atoms with Gasteiger partial charge in [-0.3, -0.25) is 14.1 Å². The van der Waals surface area contributed by atoms with Gasteiger partial charge in [0.1, 0.15) is 0 Å². The molecule has 0 bridgehead atoms. The van der Waals surface area contributed by atoms with Gasteiger partial charge in [-0.25, -0.2) is 0 Å². The van der Waals surface area contributed by atoms with Crippen molar-refractivity contribution in [3.05, 3.63) is 0 Å². The van der Waals surface area contributed by atoms with E-state index in [-0.39, 0.29) is 12.5 Å². The molecule has 1 heterocycles. The second-order valence-electron chi connectivity index (χ2n) is 3.72. The molecule has 4 nitrogen and oxygen atoms in total. The highest BCUT2D eigenvalue weighted by atomic mass is 19.1. The van der Waals surface area contributed by atoms with Gasteiger partial charge in [-0.15, -0.1) is 0 Å². The van der Waals surface area contributed by atoms with E-state index in [1.165, 1.54) is 0 Å². The fourth-order valence-electron chi connectivity index (χ4n) is 1.85. The van der Waals surface area contributed by atoms with Crippen LogP contribution in [0.1, 0.15) is 12.8 Å². The Kier molecular flexibility index (Phi) is 4.28. The molecular weight excluding hydrogens is 189 g/mol. The Hall–Kier alpha value is -0.680. The molecule has 14 heavy (non-hydrogen) atoms. The van der Waals surface area contributed by atoms with Crippen molar-refractivity contribution >= 4 is 5.97 Å². The molecule has 0 unspecified atom stereocenters. The van der Waals surface area contributed by atoms with Crippen molar-refractivity contribution in [1.82, 2.24) is 4.90 Å². The lowest BCUT2D eigenvalue weighted by molar-refractivity contribution is -0.139. The zero-order valence-corrected chi connectivity index (χ0v) is 8.03. The summed E-state index contributed by atoms with van der Waals surface area (Å²) >= 11 is 0. The summed E-state index contributed by atoms with van der Waals surface area (Å²) in [4.78, 5) is 12.2. The normalized spacial score (nSPS) is 29.0. The highest BCUT2D eigenvalue weighted by Gasteiger charge is 2.28. The summed E-state index contributed by atoms with van der Waals surface area (Å²) in [5.41, 5.74) is 0. The summed E-state index contributed by atoms with van der Waals surface area (Å²) in [6.45, 7) is 0.589. The van der Waals surface area contributed by atoms with E-state index >= 15 is 0 Å². The Labute approximate surface area is 82.3 Å². The van der Waals surface area contributed by atoms with Crippen LogP contribution in [-0.4, -0.2) is 53.5 Å². The number of likely N-dealkylation sites (tertiary alicyclic amines) is 1. The van der Waals surface area contributed by atoms with E-state index in [1.807, 2.05) is 0 Å². The van der Waals surface area contributed by atoms with Gasteiger partial charge in [-0.05, 0) is 12.8 Å². The summed E-state index contributed by atoms with van der Waals surface area (Å²) in [6.07, 6.45) is 0.380. The van der Waals surface area contributed by atoms with Crippen LogP contribution in [-0.2, 0) is 4.79 Å². The van der Waals surface area contributed by atoms with Crippen LogP contribution in [0.25, 0.3) is 0 Å². The number of hydrogen-bond acceptors (Lipinski definition) is 3. The van der Waals surface area contributed by atoms with E-state index in [4.69, 9.17) is 5.11 Å². The van der Waals surface area contributed by atoms with E-state index in [1.54, 1.807) is 4.90 Å². The molecule has 1 rings (SSSR count). The molecule has 1 aliphatic rings. The van der Waals surface area contributed by atoms with Crippen LogP contribution in [0.4, 0.5) is 4.39 Å². The molecule has 0 saturated carbocycles. The van der Waals surface area contributed by atoms with Crippen molar-refractivity contribution in [2.45, 2.75) is 18.9 Å². The predicted octanol–water partition coefficient (Wildman–Crippen LogP) is 0.113. The van der Waals surface area contributed by atoms with Crippen molar-refractivity contribution in [3.8, 4) is 0 Å². The quantitative estimate of drug-likeness (QED) is 0.684. The van der Waals surface area contributed by atoms with Gasteiger partial charge in [0.2, 0.25) is 0 Å². The van der Waals surface area contributed by atoms with Crippen LogP contribution < -0.4 is 0 Å². The topological polar surface area (TPSA) is 60.8 Å². The van der Waals surface area contributed by atoms with Crippen LogP contribution in [0.2, 0.25) is 0 Å². The lowest BCUT2D eigenvalue weighted by atomic mass is 9.92. The molecule has 1 saturated heterocycles. The third-order valence-electron chi connectivity index (χ3n) is 2.62. The number of alkyl halides is 1. The molecule has 2 atom stereocenters. The monoisotopic (exact) mass is 205 g/mol. The van der Waals surface area contributed by atoms with Crippen molar-refractivity contribution in [2.75, 3.05) is 26.3 Å². The van der Waals surface area contributed by atoms with Gasteiger partial charge in [0.15, 0.2) is 0 Å². The van der Waals surface area contributed by atoms with Gasteiger partial charge >= 0.3 is 5.97 Å². The van der Waals surface area contributed by atoms with Crippen molar-refractivity contribution in [3.63, 3.8) is 0 Å². The van der Waals surface area contributed by atoms with E-state index in [0.717, 1.165) is 0 Å². The molecule has 2 N–H and O–H groups in total. The molecule has 1 fully saturated rings. The molecule has 0 aromatic heterocycles. The Bertz CT molecular complexity index is 200. The average molecular weight is 205 g/mol. The fourth-order valence-corrected chi connectivity index (χ4v) is 1.85. The summed E-state index contributed by atoms with van der Waals surface area (Å²) in [6, 6.07) is 0. The van der Waals surface area contributed by atoms with Crippen molar-refractivity contribution in [2.24, 2.45) is 5.92 Å². The van der Waals surface area contributed by atoms with Crippen LogP contribution in [0.5, 0.6) is 0 Å². The number of aliphatic carboxylic acids is 1. The van der Waals surface area contributed by atoms with Gasteiger partial charge in [0.05, 0.1) is 19.3 Å². The smallest absolute Gasteiger partial charge is 0.317 e. The Morgan fingerprint density at radius 1 is 1.57 bits per heavy atom. The molecular formula is C9H16FNO3. The molecule has 0 aromatic carbocycles. The third-order valence-corrected chi connectivity index (χ3v) is 2.62. The molecule has 0 radical (unpaired) electrons. The summed E-state index contributed by atoms with van der Waals surface area (Å²) in [5, 5.41) is 18.1. The Morgan fingerprint density at radius 2 is 2.29 bits per heavy atom. The molecule has 0 spiro atoms. The second-order valence-corrected chi connectivity index (χ2v) is 3.72. The minimum atomic E-state index is -0.875. The second kappa shape index (κ2) is 5.26. The number of hydrogen-bond donors (Lipinski definition) is 2. The number of carboxylic acids is 1. The molecule has 0 aliphatic carbocycles. The Balaban J connectivity index is 2.40. The maximum Gasteiger partial charge on any atom is 0.317 e. The first-order valence-electron chi connectivity index (χ1n) is 4.81. The van der Waals surface area contributed by atoms with E-state index in [2.05, 4.69) is 0 Å². The van der Waals surface area contributed by atoms with Gasteiger partial charge in [-0.1, -0.05) is 0 Å². The highest BCUT2D eigenvalue weighted by molar-refractivity contribution is 5.69. The van der Waals surface area contributed by atoms with Gasteiger partial charge < -0.3 is 10.2 Å². The number of halogens is 1. The number of carboxylic acid groups (broad SMARTS) is 1. The highest BCUT2D eigenvalue weighted by Crippen LogP contribution is 2.20. The van der Waals surface area contributed by atoms with Crippen LogP contribution in [0.15, 0.2) is 0 Å². The maximum atomic E-state index is 12.1.